The van der Waals surface area contributed by atoms with E-state index < -0.39 is 0 Å². The molecule has 1 unspecified atom stereocenters. The van der Waals surface area contributed by atoms with Crippen molar-refractivity contribution < 1.29 is 9.90 Å². The monoisotopic (exact) mass is 389 g/mol. The lowest BCUT2D eigenvalue weighted by molar-refractivity contribution is 0.0740. The van der Waals surface area contributed by atoms with E-state index >= 15 is 0 Å². The smallest absolute Gasteiger partial charge is 0.273 e. The number of aryl methyl sites for hydroxylation is 2. The Kier molecular flexibility index (Phi) is 5.14. The molecule has 0 radical (unpaired) electrons. The first-order valence-electron chi connectivity index (χ1n) is 10.3. The Balaban J connectivity index is 1.87. The van der Waals surface area contributed by atoms with Gasteiger partial charge in [-0.2, -0.15) is 5.10 Å². The average molecular weight is 389 g/mol. The Hall–Kier alpha value is -3.08. The van der Waals surface area contributed by atoms with Gasteiger partial charge in [-0.05, 0) is 43.0 Å². The second-order valence-corrected chi connectivity index (χ2v) is 7.86. The topological polar surface area (TPSA) is 69.2 Å². The molecule has 1 aromatic heterocycles. The van der Waals surface area contributed by atoms with Gasteiger partial charge < -0.3 is 10.0 Å². The van der Waals surface area contributed by atoms with Crippen LogP contribution in [0, 0.1) is 13.8 Å². The van der Waals surface area contributed by atoms with Gasteiger partial charge in [0.25, 0.3) is 5.91 Å². The zero-order chi connectivity index (χ0) is 20.5. The van der Waals surface area contributed by atoms with Gasteiger partial charge in [0.05, 0.1) is 6.04 Å². The number of phenols is 1. The molecule has 0 bridgehead atoms. The van der Waals surface area contributed by atoms with Crippen LogP contribution in [0.3, 0.4) is 0 Å². The van der Waals surface area contributed by atoms with Gasteiger partial charge in [0, 0.05) is 17.7 Å². The van der Waals surface area contributed by atoms with E-state index in [-0.39, 0.29) is 17.7 Å². The predicted octanol–water partition coefficient (Wildman–Crippen LogP) is 5.13. The molecule has 0 saturated heterocycles. The third kappa shape index (κ3) is 3.31. The first-order chi connectivity index (χ1) is 14.0. The predicted molar refractivity (Wildman–Crippen MR) is 114 cm³/mol. The number of phenolic OH excluding ortho intramolecular Hbond substituents is 1. The van der Waals surface area contributed by atoms with Crippen LogP contribution in [0.15, 0.2) is 42.5 Å². The lowest BCUT2D eigenvalue weighted by Crippen LogP contribution is -2.30. The van der Waals surface area contributed by atoms with Crippen LogP contribution in [0.25, 0.3) is 11.3 Å². The van der Waals surface area contributed by atoms with E-state index in [4.69, 9.17) is 0 Å². The highest BCUT2D eigenvalue weighted by atomic mass is 16.3. The van der Waals surface area contributed by atoms with Crippen LogP contribution in [0.4, 0.5) is 0 Å². The first-order valence-corrected chi connectivity index (χ1v) is 10.3. The number of aromatic hydroxyl groups is 1. The summed E-state index contributed by atoms with van der Waals surface area (Å²) in [4.78, 5) is 15.2. The van der Waals surface area contributed by atoms with Crippen molar-refractivity contribution in [3.8, 4) is 17.0 Å². The number of aromatic nitrogens is 2. The lowest BCUT2D eigenvalue weighted by Gasteiger charge is -2.26. The zero-order valence-corrected chi connectivity index (χ0v) is 17.2. The van der Waals surface area contributed by atoms with Gasteiger partial charge in [-0.25, -0.2) is 0 Å². The van der Waals surface area contributed by atoms with E-state index in [0.29, 0.717) is 23.5 Å². The highest BCUT2D eigenvalue weighted by Gasteiger charge is 2.42. The normalized spacial score (nSPS) is 15.8. The maximum absolute atomic E-state index is 13.2. The molecule has 2 heterocycles. The van der Waals surface area contributed by atoms with Crippen LogP contribution in [0.2, 0.25) is 0 Å². The van der Waals surface area contributed by atoms with E-state index in [1.54, 1.807) is 0 Å². The number of rotatable bonds is 6. The number of fused-ring (bicyclic) bond motifs is 1. The number of benzene rings is 2. The van der Waals surface area contributed by atoms with Gasteiger partial charge in [0.1, 0.15) is 17.1 Å². The molecule has 1 atom stereocenters. The van der Waals surface area contributed by atoms with E-state index in [2.05, 4.69) is 29.3 Å². The molecular weight excluding hydrogens is 362 g/mol. The number of carbonyl (C=O) groups is 1. The third-order valence-corrected chi connectivity index (χ3v) is 5.68. The summed E-state index contributed by atoms with van der Waals surface area (Å²) in [6.45, 7) is 6.75. The minimum absolute atomic E-state index is 0.0208. The van der Waals surface area contributed by atoms with Gasteiger partial charge >= 0.3 is 0 Å². The molecule has 150 valence electrons. The van der Waals surface area contributed by atoms with Crippen molar-refractivity contribution in [2.24, 2.45) is 0 Å². The second kappa shape index (κ2) is 7.74. The summed E-state index contributed by atoms with van der Waals surface area (Å²) in [5, 5.41) is 18.2. The Morgan fingerprint density at radius 2 is 1.90 bits per heavy atom. The van der Waals surface area contributed by atoms with Crippen LogP contribution in [0.5, 0.6) is 5.75 Å². The Morgan fingerprint density at radius 3 is 2.62 bits per heavy atom. The fourth-order valence-corrected chi connectivity index (χ4v) is 4.29. The Bertz CT molecular complexity index is 1040. The molecule has 2 aromatic carbocycles. The van der Waals surface area contributed by atoms with Crippen LogP contribution >= 0.6 is 0 Å². The second-order valence-electron chi connectivity index (χ2n) is 7.86. The SMILES string of the molecule is CCCCCN1C(=O)c2[nH]nc(-c3cc(C)cc(C)c3O)c2C1c1ccccc1. The van der Waals surface area contributed by atoms with Crippen LogP contribution in [-0.2, 0) is 0 Å². The summed E-state index contributed by atoms with van der Waals surface area (Å²) in [6.07, 6.45) is 3.15. The number of nitrogens with one attached hydrogen (secondary N) is 1. The summed E-state index contributed by atoms with van der Waals surface area (Å²) in [5.41, 5.74) is 5.63. The third-order valence-electron chi connectivity index (χ3n) is 5.68. The molecule has 2 N–H and O–H groups in total. The summed E-state index contributed by atoms with van der Waals surface area (Å²) in [5.74, 6) is 0.196. The minimum atomic E-state index is -0.204. The fraction of sp³-hybridized carbons (Fsp3) is 0.333. The number of unbranched alkanes of at least 4 members (excludes halogenated alkanes) is 2. The summed E-state index contributed by atoms with van der Waals surface area (Å²) in [7, 11) is 0. The van der Waals surface area contributed by atoms with Crippen molar-refractivity contribution in [3.63, 3.8) is 0 Å². The molecule has 1 aliphatic heterocycles. The summed E-state index contributed by atoms with van der Waals surface area (Å²) >= 11 is 0. The highest BCUT2D eigenvalue weighted by Crippen LogP contribution is 2.45. The van der Waals surface area contributed by atoms with E-state index in [0.717, 1.165) is 41.5 Å². The minimum Gasteiger partial charge on any atom is -0.507 e. The molecule has 4 rings (SSSR count). The summed E-state index contributed by atoms with van der Waals surface area (Å²) in [6, 6.07) is 13.8. The molecule has 29 heavy (non-hydrogen) atoms. The molecular formula is C24H27N3O2. The van der Waals surface area contributed by atoms with E-state index in [1.165, 1.54) is 0 Å². The van der Waals surface area contributed by atoms with E-state index in [9.17, 15) is 9.90 Å². The first kappa shape index (κ1) is 19.2. The standard InChI is InChI=1S/C24H27N3O2/c1-4-5-9-12-27-22(17-10-7-6-8-11-17)19-20(25-26-21(19)24(27)29)18-14-15(2)13-16(3)23(18)28/h6-8,10-11,13-14,22,28H,4-5,9,12H2,1-3H3,(H,25,26). The summed E-state index contributed by atoms with van der Waals surface area (Å²) < 4.78 is 0. The number of hydrogen-bond donors (Lipinski definition) is 2. The maximum atomic E-state index is 13.2. The lowest BCUT2D eigenvalue weighted by atomic mass is 9.94. The zero-order valence-electron chi connectivity index (χ0n) is 17.2. The van der Waals surface area contributed by atoms with Crippen LogP contribution in [0.1, 0.15) is 65.0 Å². The average Bonchev–Trinajstić information content (AvgIpc) is 3.25. The van der Waals surface area contributed by atoms with Crippen molar-refractivity contribution in [2.75, 3.05) is 6.54 Å². The molecule has 0 fully saturated rings. The molecule has 0 aliphatic carbocycles. The Labute approximate surface area is 171 Å². The maximum Gasteiger partial charge on any atom is 0.273 e. The van der Waals surface area contributed by atoms with Crippen LogP contribution < -0.4 is 0 Å². The number of nitrogens with zero attached hydrogens (tertiary/aromatic N) is 2. The quantitative estimate of drug-likeness (QED) is 0.574. The van der Waals surface area contributed by atoms with Crippen molar-refractivity contribution in [1.29, 1.82) is 0 Å². The highest BCUT2D eigenvalue weighted by molar-refractivity contribution is 6.00. The molecule has 1 aliphatic rings. The van der Waals surface area contributed by atoms with Gasteiger partial charge in [-0.1, -0.05) is 56.2 Å². The number of amides is 1. The number of carbonyl (C=O) groups excluding carboxylic acids is 1. The number of H-pyrrole nitrogens is 1. The van der Waals surface area contributed by atoms with Gasteiger partial charge in [0.15, 0.2) is 0 Å². The van der Waals surface area contributed by atoms with Crippen LogP contribution in [-0.4, -0.2) is 32.7 Å². The molecule has 0 saturated carbocycles. The van der Waals surface area contributed by atoms with Gasteiger partial charge in [-0.3, -0.25) is 9.89 Å². The van der Waals surface area contributed by atoms with E-state index in [1.807, 2.05) is 49.1 Å². The van der Waals surface area contributed by atoms with Gasteiger partial charge in [0.2, 0.25) is 0 Å². The van der Waals surface area contributed by atoms with Gasteiger partial charge in [-0.15, -0.1) is 0 Å². The van der Waals surface area contributed by atoms with Crippen molar-refractivity contribution >= 4 is 5.91 Å². The van der Waals surface area contributed by atoms with Crippen molar-refractivity contribution in [2.45, 2.75) is 46.1 Å². The Morgan fingerprint density at radius 1 is 1.14 bits per heavy atom. The number of aromatic amines is 1. The fourth-order valence-electron chi connectivity index (χ4n) is 4.29. The molecule has 1 amide bonds. The van der Waals surface area contributed by atoms with Crippen molar-refractivity contribution in [3.05, 3.63) is 70.4 Å². The largest absolute Gasteiger partial charge is 0.507 e. The molecule has 3 aromatic rings. The molecule has 5 nitrogen and oxygen atoms in total. The number of hydrogen-bond acceptors (Lipinski definition) is 3. The molecule has 5 heteroatoms. The van der Waals surface area contributed by atoms with Crippen molar-refractivity contribution in [1.82, 2.24) is 15.1 Å². The molecule has 0 spiro atoms.